The van der Waals surface area contributed by atoms with Crippen molar-refractivity contribution in [2.24, 2.45) is 0 Å². The number of hydrogen-bond acceptors (Lipinski definition) is 2. The van der Waals surface area contributed by atoms with E-state index in [1.807, 2.05) is 0 Å². The van der Waals surface area contributed by atoms with Crippen molar-refractivity contribution in [1.29, 1.82) is 0 Å². The summed E-state index contributed by atoms with van der Waals surface area (Å²) < 4.78 is 56.2. The Hall–Kier alpha value is -2.08. The van der Waals surface area contributed by atoms with Crippen molar-refractivity contribution >= 4 is 0 Å². The molecular formula is C16H14F4O2. The summed E-state index contributed by atoms with van der Waals surface area (Å²) in [6.45, 7) is -0.369. The first kappa shape index (κ1) is 16.3. The zero-order valence-electron chi connectivity index (χ0n) is 11.5. The summed E-state index contributed by atoms with van der Waals surface area (Å²) >= 11 is 0. The van der Waals surface area contributed by atoms with Gasteiger partial charge in [0, 0.05) is 5.92 Å². The Kier molecular flexibility index (Phi) is 5.03. The molecule has 22 heavy (non-hydrogen) atoms. The van der Waals surface area contributed by atoms with Gasteiger partial charge in [0.25, 0.3) is 0 Å². The number of hydrogen-bond donors (Lipinski definition) is 1. The van der Waals surface area contributed by atoms with Crippen LogP contribution in [0.2, 0.25) is 0 Å². The zero-order valence-corrected chi connectivity index (χ0v) is 11.5. The second-order valence-corrected chi connectivity index (χ2v) is 4.77. The van der Waals surface area contributed by atoms with Gasteiger partial charge in [-0.2, -0.15) is 13.2 Å². The standard InChI is InChI=1S/C16H14F4O2/c17-14-4-6-15(7-5-14)22-10-12(9-21)11-2-1-3-13(8-11)16(18,19)20/h1-8,12,21H,9-10H2. The summed E-state index contributed by atoms with van der Waals surface area (Å²) in [7, 11) is 0. The molecule has 0 radical (unpaired) electrons. The predicted molar refractivity (Wildman–Crippen MR) is 73.2 cm³/mol. The van der Waals surface area contributed by atoms with E-state index in [1.165, 1.54) is 36.4 Å². The highest BCUT2D eigenvalue weighted by Crippen LogP contribution is 2.31. The van der Waals surface area contributed by atoms with Crippen LogP contribution >= 0.6 is 0 Å². The maximum Gasteiger partial charge on any atom is 0.416 e. The van der Waals surface area contributed by atoms with Crippen LogP contribution in [0.15, 0.2) is 48.5 Å². The van der Waals surface area contributed by atoms with E-state index < -0.39 is 23.5 Å². The number of ether oxygens (including phenoxy) is 1. The van der Waals surface area contributed by atoms with E-state index in [4.69, 9.17) is 4.74 Å². The Labute approximate surface area is 125 Å². The molecule has 2 aromatic rings. The van der Waals surface area contributed by atoms with Crippen molar-refractivity contribution in [3.05, 3.63) is 65.5 Å². The van der Waals surface area contributed by atoms with Gasteiger partial charge < -0.3 is 9.84 Å². The third-order valence-electron chi connectivity index (χ3n) is 3.17. The number of aliphatic hydroxyl groups excluding tert-OH is 1. The normalized spacial score (nSPS) is 13.0. The minimum absolute atomic E-state index is 0.0105. The Balaban J connectivity index is 2.09. The van der Waals surface area contributed by atoms with E-state index in [1.54, 1.807) is 0 Å². The first-order chi connectivity index (χ1) is 10.4. The molecule has 0 fully saturated rings. The molecular weight excluding hydrogens is 300 g/mol. The summed E-state index contributed by atoms with van der Waals surface area (Å²) in [4.78, 5) is 0. The largest absolute Gasteiger partial charge is 0.493 e. The molecule has 2 rings (SSSR count). The fourth-order valence-electron chi connectivity index (χ4n) is 1.95. The summed E-state index contributed by atoms with van der Waals surface area (Å²) in [6.07, 6.45) is -4.44. The fourth-order valence-corrected chi connectivity index (χ4v) is 1.95. The van der Waals surface area contributed by atoms with E-state index in [9.17, 15) is 22.7 Å². The van der Waals surface area contributed by atoms with Crippen LogP contribution in [0.4, 0.5) is 17.6 Å². The number of alkyl halides is 3. The van der Waals surface area contributed by atoms with Gasteiger partial charge in [-0.25, -0.2) is 4.39 Å². The molecule has 118 valence electrons. The minimum atomic E-state index is -4.44. The maximum atomic E-state index is 12.8. The van der Waals surface area contributed by atoms with Gasteiger partial charge in [-0.1, -0.05) is 18.2 Å². The molecule has 6 heteroatoms. The summed E-state index contributed by atoms with van der Waals surface area (Å²) in [5.74, 6) is -0.636. The molecule has 0 aromatic heterocycles. The lowest BCUT2D eigenvalue weighted by Crippen LogP contribution is -2.15. The number of halogens is 4. The predicted octanol–water partition coefficient (Wildman–Crippen LogP) is 4.00. The highest BCUT2D eigenvalue weighted by molar-refractivity contribution is 5.29. The molecule has 0 aliphatic rings. The monoisotopic (exact) mass is 314 g/mol. The molecule has 1 atom stereocenters. The van der Waals surface area contributed by atoms with Crippen LogP contribution in [-0.2, 0) is 6.18 Å². The van der Waals surface area contributed by atoms with Crippen molar-refractivity contribution in [3.63, 3.8) is 0 Å². The fraction of sp³-hybridized carbons (Fsp3) is 0.250. The third-order valence-corrected chi connectivity index (χ3v) is 3.17. The van der Waals surface area contributed by atoms with E-state index in [0.717, 1.165) is 12.1 Å². The van der Waals surface area contributed by atoms with Gasteiger partial charge in [0.15, 0.2) is 0 Å². The van der Waals surface area contributed by atoms with Crippen LogP contribution in [-0.4, -0.2) is 18.3 Å². The van der Waals surface area contributed by atoms with Crippen LogP contribution in [0, 0.1) is 5.82 Å². The molecule has 0 aliphatic heterocycles. The molecule has 0 saturated heterocycles. The van der Waals surface area contributed by atoms with Gasteiger partial charge in [0.2, 0.25) is 0 Å². The summed E-state index contributed by atoms with van der Waals surface area (Å²) in [5, 5.41) is 9.37. The lowest BCUT2D eigenvalue weighted by Gasteiger charge is -2.17. The molecule has 0 saturated carbocycles. The third kappa shape index (κ3) is 4.21. The molecule has 2 aromatic carbocycles. The smallest absolute Gasteiger partial charge is 0.416 e. The van der Waals surface area contributed by atoms with Crippen LogP contribution in [0.1, 0.15) is 17.0 Å². The van der Waals surface area contributed by atoms with Crippen LogP contribution in [0.25, 0.3) is 0 Å². The molecule has 0 aliphatic carbocycles. The van der Waals surface area contributed by atoms with Gasteiger partial charge in [0.1, 0.15) is 11.6 Å². The van der Waals surface area contributed by atoms with Gasteiger partial charge >= 0.3 is 6.18 Å². The van der Waals surface area contributed by atoms with E-state index >= 15 is 0 Å². The first-order valence-electron chi connectivity index (χ1n) is 6.56. The van der Waals surface area contributed by atoms with Crippen molar-refractivity contribution in [2.45, 2.75) is 12.1 Å². The van der Waals surface area contributed by atoms with Crippen molar-refractivity contribution in [3.8, 4) is 5.75 Å². The molecule has 0 heterocycles. The molecule has 0 bridgehead atoms. The van der Waals surface area contributed by atoms with Crippen molar-refractivity contribution < 1.29 is 27.4 Å². The minimum Gasteiger partial charge on any atom is -0.493 e. The second-order valence-electron chi connectivity index (χ2n) is 4.77. The SMILES string of the molecule is OCC(COc1ccc(F)cc1)c1cccc(C(F)(F)F)c1. The second kappa shape index (κ2) is 6.79. The Morgan fingerprint density at radius 1 is 1.05 bits per heavy atom. The highest BCUT2D eigenvalue weighted by atomic mass is 19.4. The van der Waals surface area contributed by atoms with E-state index in [2.05, 4.69) is 0 Å². The summed E-state index contributed by atoms with van der Waals surface area (Å²) in [6, 6.07) is 10.0. The number of rotatable bonds is 5. The molecule has 0 spiro atoms. The van der Waals surface area contributed by atoms with Gasteiger partial charge in [-0.3, -0.25) is 0 Å². The Morgan fingerprint density at radius 3 is 2.32 bits per heavy atom. The van der Waals surface area contributed by atoms with Crippen LogP contribution in [0.5, 0.6) is 5.75 Å². The number of aliphatic hydroxyl groups is 1. The van der Waals surface area contributed by atoms with E-state index in [0.29, 0.717) is 11.3 Å². The lowest BCUT2D eigenvalue weighted by atomic mass is 9.98. The lowest BCUT2D eigenvalue weighted by molar-refractivity contribution is -0.137. The topological polar surface area (TPSA) is 29.5 Å². The average Bonchev–Trinajstić information content (AvgIpc) is 2.49. The van der Waals surface area contributed by atoms with Crippen LogP contribution < -0.4 is 4.74 Å². The summed E-state index contributed by atoms with van der Waals surface area (Å²) in [5.41, 5.74) is -0.440. The molecule has 2 nitrogen and oxygen atoms in total. The van der Waals surface area contributed by atoms with Gasteiger partial charge in [-0.15, -0.1) is 0 Å². The zero-order chi connectivity index (χ0) is 16.2. The maximum absolute atomic E-state index is 12.8. The number of benzene rings is 2. The van der Waals surface area contributed by atoms with Crippen molar-refractivity contribution in [2.75, 3.05) is 13.2 Å². The van der Waals surface area contributed by atoms with Gasteiger partial charge in [-0.05, 0) is 35.9 Å². The Bertz CT molecular complexity index is 608. The van der Waals surface area contributed by atoms with Gasteiger partial charge in [0.05, 0.1) is 18.8 Å². The molecule has 0 amide bonds. The highest BCUT2D eigenvalue weighted by Gasteiger charge is 2.31. The average molecular weight is 314 g/mol. The quantitative estimate of drug-likeness (QED) is 0.845. The van der Waals surface area contributed by atoms with E-state index in [-0.39, 0.29) is 13.2 Å². The first-order valence-corrected chi connectivity index (χ1v) is 6.56. The van der Waals surface area contributed by atoms with Crippen LogP contribution in [0.3, 0.4) is 0 Å². The van der Waals surface area contributed by atoms with Crippen molar-refractivity contribution in [1.82, 2.24) is 0 Å². The molecule has 1 unspecified atom stereocenters. The Morgan fingerprint density at radius 2 is 1.73 bits per heavy atom. The molecule has 1 N–H and O–H groups in total.